The molecular weight excluding hydrogens is 296 g/mol. The number of carboxylic acids is 1. The summed E-state index contributed by atoms with van der Waals surface area (Å²) in [7, 11) is 1.73. The van der Waals surface area contributed by atoms with Crippen LogP contribution in [0.1, 0.15) is 65.7 Å². The predicted molar refractivity (Wildman–Crippen MR) is 89.5 cm³/mol. The Morgan fingerprint density at radius 3 is 2.26 bits per heavy atom. The second kappa shape index (κ2) is 9.11. The molecule has 0 unspecified atom stereocenters. The number of likely N-dealkylation sites (N-methyl/N-ethyl adjacent to an activating group) is 1. The molecule has 2 atom stereocenters. The molecule has 0 aromatic rings. The Morgan fingerprint density at radius 2 is 1.78 bits per heavy atom. The summed E-state index contributed by atoms with van der Waals surface area (Å²) in [4.78, 5) is 23.2. The minimum absolute atomic E-state index is 0.0241. The molecule has 1 aliphatic carbocycles. The minimum Gasteiger partial charge on any atom is -0.481 e. The molecule has 1 aliphatic rings. The molecule has 1 fully saturated rings. The van der Waals surface area contributed by atoms with E-state index < -0.39 is 17.7 Å². The number of hydrogen-bond acceptors (Lipinski definition) is 4. The molecule has 1 rings (SSSR count). The lowest BCUT2D eigenvalue weighted by molar-refractivity contribution is -0.137. The molecule has 0 saturated heterocycles. The van der Waals surface area contributed by atoms with Crippen LogP contribution in [0.3, 0.4) is 0 Å². The van der Waals surface area contributed by atoms with E-state index in [9.17, 15) is 9.59 Å². The second-order valence-electron chi connectivity index (χ2n) is 7.49. The van der Waals surface area contributed by atoms with E-state index in [0.717, 1.165) is 19.3 Å². The highest BCUT2D eigenvalue weighted by atomic mass is 16.6. The highest BCUT2D eigenvalue weighted by Crippen LogP contribution is 2.28. The highest BCUT2D eigenvalue weighted by Gasteiger charge is 2.29. The Labute approximate surface area is 139 Å². The number of ether oxygens (including phenoxy) is 1. The Hall–Kier alpha value is -1.30. The summed E-state index contributed by atoms with van der Waals surface area (Å²) in [5, 5.41) is 15.0. The summed E-state index contributed by atoms with van der Waals surface area (Å²) in [5.41, 5.74) is -0.568. The maximum atomic E-state index is 12.1. The van der Waals surface area contributed by atoms with Crippen molar-refractivity contribution in [1.29, 1.82) is 0 Å². The molecule has 0 aliphatic heterocycles. The van der Waals surface area contributed by atoms with Crippen LogP contribution in [-0.4, -0.2) is 41.9 Å². The molecule has 134 valence electrons. The van der Waals surface area contributed by atoms with Gasteiger partial charge in [-0.2, -0.15) is 0 Å². The number of rotatable bonds is 7. The quantitative estimate of drug-likeness (QED) is 0.669. The van der Waals surface area contributed by atoms with Crippen LogP contribution in [-0.2, 0) is 9.53 Å². The molecule has 0 spiro atoms. The summed E-state index contributed by atoms with van der Waals surface area (Å²) in [6.45, 7) is 5.45. The second-order valence-corrected chi connectivity index (χ2v) is 7.49. The van der Waals surface area contributed by atoms with Crippen LogP contribution in [0.4, 0.5) is 4.79 Å². The average Bonchev–Trinajstić information content (AvgIpc) is 2.43. The van der Waals surface area contributed by atoms with Gasteiger partial charge in [0, 0.05) is 12.1 Å². The predicted octanol–water partition coefficient (Wildman–Crippen LogP) is 2.91. The monoisotopic (exact) mass is 328 g/mol. The first kappa shape index (κ1) is 19.7. The standard InChI is InChI=1S/C17H32N2O4/c1-17(2,3)23-16(22)19-14(13(18-4)11-15(20)21)10-12-8-6-5-7-9-12/h12-14,18H,5-11H2,1-4H3,(H,19,22)(H,20,21)/t13-,14-/m0/s1. The normalized spacial score (nSPS) is 19.0. The van der Waals surface area contributed by atoms with E-state index in [1.165, 1.54) is 19.3 Å². The van der Waals surface area contributed by atoms with Crippen LogP contribution in [0.2, 0.25) is 0 Å². The summed E-state index contributed by atoms with van der Waals surface area (Å²) in [6, 6.07) is -0.545. The van der Waals surface area contributed by atoms with E-state index in [-0.39, 0.29) is 18.5 Å². The highest BCUT2D eigenvalue weighted by molar-refractivity contribution is 5.69. The molecule has 1 saturated carbocycles. The number of amides is 1. The first-order valence-electron chi connectivity index (χ1n) is 8.60. The van der Waals surface area contributed by atoms with Gasteiger partial charge in [-0.3, -0.25) is 4.79 Å². The summed E-state index contributed by atoms with van der Waals surface area (Å²) >= 11 is 0. The first-order chi connectivity index (χ1) is 10.7. The van der Waals surface area contributed by atoms with E-state index >= 15 is 0 Å². The van der Waals surface area contributed by atoms with E-state index in [1.54, 1.807) is 7.05 Å². The number of alkyl carbamates (subject to hydrolysis) is 1. The zero-order valence-corrected chi connectivity index (χ0v) is 14.9. The van der Waals surface area contributed by atoms with Crippen LogP contribution in [0, 0.1) is 5.92 Å². The molecule has 1 amide bonds. The first-order valence-corrected chi connectivity index (χ1v) is 8.60. The molecule has 23 heavy (non-hydrogen) atoms. The number of carboxylic acid groups (broad SMARTS) is 1. The summed E-state index contributed by atoms with van der Waals surface area (Å²) in [5.74, 6) is -0.336. The smallest absolute Gasteiger partial charge is 0.407 e. The van der Waals surface area contributed by atoms with Crippen LogP contribution < -0.4 is 10.6 Å². The fourth-order valence-corrected chi connectivity index (χ4v) is 3.20. The van der Waals surface area contributed by atoms with Crippen molar-refractivity contribution >= 4 is 12.1 Å². The van der Waals surface area contributed by atoms with Gasteiger partial charge in [0.05, 0.1) is 6.42 Å². The van der Waals surface area contributed by atoms with Gasteiger partial charge >= 0.3 is 12.1 Å². The van der Waals surface area contributed by atoms with Crippen molar-refractivity contribution in [3.63, 3.8) is 0 Å². The molecule has 6 nitrogen and oxygen atoms in total. The molecule has 3 N–H and O–H groups in total. The number of carbonyl (C=O) groups is 2. The zero-order valence-electron chi connectivity index (χ0n) is 14.9. The molecule has 0 aromatic heterocycles. The van der Waals surface area contributed by atoms with E-state index in [4.69, 9.17) is 9.84 Å². The van der Waals surface area contributed by atoms with Crippen LogP contribution in [0.25, 0.3) is 0 Å². The molecule has 0 bridgehead atoms. The molecular formula is C17H32N2O4. The van der Waals surface area contributed by atoms with Crippen molar-refractivity contribution in [1.82, 2.24) is 10.6 Å². The van der Waals surface area contributed by atoms with Gasteiger partial charge in [0.25, 0.3) is 0 Å². The number of carbonyl (C=O) groups excluding carboxylic acids is 1. The van der Waals surface area contributed by atoms with Gasteiger partial charge in [0.2, 0.25) is 0 Å². The van der Waals surface area contributed by atoms with Gasteiger partial charge in [0.1, 0.15) is 5.60 Å². The van der Waals surface area contributed by atoms with Crippen molar-refractivity contribution in [2.24, 2.45) is 5.92 Å². The Morgan fingerprint density at radius 1 is 1.17 bits per heavy atom. The molecule has 0 radical (unpaired) electrons. The Balaban J connectivity index is 2.72. The summed E-state index contributed by atoms with van der Waals surface area (Å²) < 4.78 is 5.33. The maximum absolute atomic E-state index is 12.1. The largest absolute Gasteiger partial charge is 0.481 e. The van der Waals surface area contributed by atoms with Gasteiger partial charge in [0.15, 0.2) is 0 Å². The van der Waals surface area contributed by atoms with Crippen molar-refractivity contribution in [2.75, 3.05) is 7.05 Å². The lowest BCUT2D eigenvalue weighted by Crippen LogP contribution is -2.51. The van der Waals surface area contributed by atoms with Crippen LogP contribution in [0.15, 0.2) is 0 Å². The molecule has 6 heteroatoms. The van der Waals surface area contributed by atoms with Crippen LogP contribution >= 0.6 is 0 Å². The minimum atomic E-state index is -0.871. The molecule has 0 heterocycles. The van der Waals surface area contributed by atoms with Crippen molar-refractivity contribution in [3.05, 3.63) is 0 Å². The number of hydrogen-bond donors (Lipinski definition) is 3. The lowest BCUT2D eigenvalue weighted by Gasteiger charge is -2.32. The van der Waals surface area contributed by atoms with Gasteiger partial charge in [-0.15, -0.1) is 0 Å². The van der Waals surface area contributed by atoms with Gasteiger partial charge in [-0.25, -0.2) is 4.79 Å². The number of nitrogens with one attached hydrogen (secondary N) is 2. The van der Waals surface area contributed by atoms with Crippen molar-refractivity contribution in [2.45, 2.75) is 83.4 Å². The maximum Gasteiger partial charge on any atom is 0.407 e. The topological polar surface area (TPSA) is 87.7 Å². The number of aliphatic carboxylic acids is 1. The third kappa shape index (κ3) is 8.21. The fraction of sp³-hybridized carbons (Fsp3) is 0.882. The van der Waals surface area contributed by atoms with E-state index in [2.05, 4.69) is 10.6 Å². The van der Waals surface area contributed by atoms with Crippen molar-refractivity contribution in [3.8, 4) is 0 Å². The van der Waals surface area contributed by atoms with Gasteiger partial charge in [-0.1, -0.05) is 32.1 Å². The molecule has 0 aromatic carbocycles. The Kier molecular flexibility index (Phi) is 7.82. The fourth-order valence-electron chi connectivity index (χ4n) is 3.20. The summed E-state index contributed by atoms with van der Waals surface area (Å²) in [6.07, 6.45) is 6.28. The third-order valence-corrected chi connectivity index (χ3v) is 4.27. The lowest BCUT2D eigenvalue weighted by atomic mass is 9.83. The average molecular weight is 328 g/mol. The van der Waals surface area contributed by atoms with Crippen LogP contribution in [0.5, 0.6) is 0 Å². The third-order valence-electron chi connectivity index (χ3n) is 4.27. The SMILES string of the molecule is CN[C@@H](CC(=O)O)[C@H](CC1CCCCC1)NC(=O)OC(C)(C)C. The van der Waals surface area contributed by atoms with E-state index in [1.807, 2.05) is 20.8 Å². The van der Waals surface area contributed by atoms with Crippen molar-refractivity contribution < 1.29 is 19.4 Å². The van der Waals surface area contributed by atoms with E-state index in [0.29, 0.717) is 5.92 Å². The van der Waals surface area contributed by atoms with Gasteiger partial charge in [-0.05, 0) is 40.2 Å². The zero-order chi connectivity index (χ0) is 17.5. The van der Waals surface area contributed by atoms with Gasteiger partial charge < -0.3 is 20.5 Å². The Bertz CT molecular complexity index is 387.